The van der Waals surface area contributed by atoms with Gasteiger partial charge in [-0.05, 0) is 36.2 Å². The largest absolute Gasteiger partial charge is 0.399 e. The van der Waals surface area contributed by atoms with E-state index in [0.717, 1.165) is 36.4 Å². The molecule has 0 radical (unpaired) electrons. The van der Waals surface area contributed by atoms with Gasteiger partial charge in [-0.15, -0.1) is 24.8 Å². The zero-order chi connectivity index (χ0) is 16.9. The third kappa shape index (κ3) is 5.81. The van der Waals surface area contributed by atoms with Crippen LogP contribution in [0.25, 0.3) is 0 Å². The van der Waals surface area contributed by atoms with Gasteiger partial charge in [-0.3, -0.25) is 9.69 Å². The monoisotopic (exact) mass is 413 g/mol. The normalized spacial score (nSPS) is 14.0. The number of nitrogens with one attached hydrogen (secondary N) is 1. The third-order valence-electron chi connectivity index (χ3n) is 4.27. The fourth-order valence-electron chi connectivity index (χ4n) is 2.85. The van der Waals surface area contributed by atoms with Crippen molar-refractivity contribution in [3.05, 3.63) is 59.2 Å². The molecule has 0 aliphatic carbocycles. The number of anilines is 2. The van der Waals surface area contributed by atoms with Crippen LogP contribution < -0.4 is 11.1 Å². The van der Waals surface area contributed by atoms with Crippen molar-refractivity contribution in [3.63, 3.8) is 0 Å². The van der Waals surface area contributed by atoms with Crippen LogP contribution in [0.1, 0.15) is 21.5 Å². The van der Waals surface area contributed by atoms with Crippen molar-refractivity contribution in [2.75, 3.05) is 35.6 Å². The highest BCUT2D eigenvalue weighted by Crippen LogP contribution is 2.21. The number of nitrogen functional groups attached to an aromatic ring is 1. The summed E-state index contributed by atoms with van der Waals surface area (Å²) in [6.07, 6.45) is 0. The van der Waals surface area contributed by atoms with Crippen molar-refractivity contribution in [2.24, 2.45) is 0 Å². The second-order valence-electron chi connectivity index (χ2n) is 6.07. The third-order valence-corrected chi connectivity index (χ3v) is 5.21. The van der Waals surface area contributed by atoms with E-state index in [-0.39, 0.29) is 30.7 Å². The van der Waals surface area contributed by atoms with Crippen molar-refractivity contribution in [1.82, 2.24) is 4.90 Å². The molecule has 4 nitrogen and oxygen atoms in total. The fraction of sp³-hybridized carbons (Fsp3) is 0.316. The summed E-state index contributed by atoms with van der Waals surface area (Å²) in [5.41, 5.74) is 10.0. The molecule has 0 aromatic heterocycles. The molecule has 7 heteroatoms. The van der Waals surface area contributed by atoms with Crippen LogP contribution in [0, 0.1) is 6.92 Å². The molecule has 3 N–H and O–H groups in total. The van der Waals surface area contributed by atoms with Crippen molar-refractivity contribution >= 4 is 53.9 Å². The summed E-state index contributed by atoms with van der Waals surface area (Å²) in [5, 5.41) is 3.06. The number of hydrogen-bond acceptors (Lipinski definition) is 4. The van der Waals surface area contributed by atoms with Gasteiger partial charge in [0.2, 0.25) is 0 Å². The Bertz CT molecular complexity index is 736. The number of thioether (sulfide) groups is 1. The molecule has 1 fully saturated rings. The predicted octanol–water partition coefficient (Wildman–Crippen LogP) is 4.22. The van der Waals surface area contributed by atoms with Gasteiger partial charge in [0.15, 0.2) is 0 Å². The van der Waals surface area contributed by atoms with E-state index in [1.54, 1.807) is 6.07 Å². The van der Waals surface area contributed by atoms with Gasteiger partial charge in [0, 0.05) is 48.1 Å². The van der Waals surface area contributed by atoms with Crippen LogP contribution >= 0.6 is 36.6 Å². The van der Waals surface area contributed by atoms with E-state index < -0.39 is 0 Å². The second kappa shape index (κ2) is 10.7. The van der Waals surface area contributed by atoms with Crippen LogP contribution in [0.3, 0.4) is 0 Å². The first-order valence-electron chi connectivity index (χ1n) is 8.19. The van der Waals surface area contributed by atoms with Gasteiger partial charge in [0.05, 0.1) is 0 Å². The maximum atomic E-state index is 12.6. The van der Waals surface area contributed by atoms with Gasteiger partial charge in [-0.2, -0.15) is 11.8 Å². The second-order valence-corrected chi connectivity index (χ2v) is 7.30. The maximum absolute atomic E-state index is 12.6. The fourth-order valence-corrected chi connectivity index (χ4v) is 3.83. The van der Waals surface area contributed by atoms with Crippen molar-refractivity contribution < 1.29 is 4.79 Å². The highest BCUT2D eigenvalue weighted by Gasteiger charge is 2.15. The quantitative estimate of drug-likeness (QED) is 0.736. The van der Waals surface area contributed by atoms with E-state index in [0.29, 0.717) is 11.3 Å². The van der Waals surface area contributed by atoms with Crippen molar-refractivity contribution in [2.45, 2.75) is 13.5 Å². The van der Waals surface area contributed by atoms with Crippen molar-refractivity contribution in [3.8, 4) is 0 Å². The molecule has 2 aromatic rings. The Morgan fingerprint density at radius 3 is 2.58 bits per heavy atom. The van der Waals surface area contributed by atoms with E-state index >= 15 is 0 Å². The average molecular weight is 414 g/mol. The summed E-state index contributed by atoms with van der Waals surface area (Å²) >= 11 is 2.00. The van der Waals surface area contributed by atoms with Gasteiger partial charge < -0.3 is 11.1 Å². The number of nitrogens with two attached hydrogens (primary N) is 1. The van der Waals surface area contributed by atoms with E-state index in [9.17, 15) is 4.79 Å². The lowest BCUT2D eigenvalue weighted by atomic mass is 10.1. The molecular weight excluding hydrogens is 389 g/mol. The molecule has 1 amide bonds. The summed E-state index contributed by atoms with van der Waals surface area (Å²) in [6, 6.07) is 13.5. The first kappa shape index (κ1) is 22.6. The smallest absolute Gasteiger partial charge is 0.256 e. The highest BCUT2D eigenvalue weighted by molar-refractivity contribution is 7.99. The van der Waals surface area contributed by atoms with E-state index in [1.165, 1.54) is 11.5 Å². The van der Waals surface area contributed by atoms with Crippen LogP contribution in [0.15, 0.2) is 42.5 Å². The number of rotatable bonds is 4. The Morgan fingerprint density at radius 1 is 1.15 bits per heavy atom. The molecule has 3 rings (SSSR count). The van der Waals surface area contributed by atoms with Crippen LogP contribution in [0.4, 0.5) is 11.4 Å². The Kier molecular flexibility index (Phi) is 9.30. The summed E-state index contributed by atoms with van der Waals surface area (Å²) in [7, 11) is 0. The average Bonchev–Trinajstić information content (AvgIpc) is 2.59. The Hall–Kier alpha value is -1.40. The molecule has 1 aliphatic rings. The van der Waals surface area contributed by atoms with E-state index in [1.807, 2.05) is 49.0 Å². The minimum Gasteiger partial charge on any atom is -0.399 e. The number of halogens is 2. The summed E-state index contributed by atoms with van der Waals surface area (Å²) in [4.78, 5) is 15.1. The summed E-state index contributed by atoms with van der Waals surface area (Å²) < 4.78 is 0. The SMILES string of the molecule is Cc1ccc(N)cc1C(=O)Nc1ccccc1CN1CCSCC1.Cl.Cl. The molecule has 0 spiro atoms. The zero-order valence-corrected chi connectivity index (χ0v) is 17.2. The topological polar surface area (TPSA) is 58.4 Å². The van der Waals surface area contributed by atoms with Gasteiger partial charge >= 0.3 is 0 Å². The Labute approximate surface area is 171 Å². The van der Waals surface area contributed by atoms with Crippen LogP contribution in [0.2, 0.25) is 0 Å². The zero-order valence-electron chi connectivity index (χ0n) is 14.7. The lowest BCUT2D eigenvalue weighted by molar-refractivity contribution is 0.102. The molecule has 26 heavy (non-hydrogen) atoms. The lowest BCUT2D eigenvalue weighted by Crippen LogP contribution is -2.32. The highest BCUT2D eigenvalue weighted by atomic mass is 35.5. The van der Waals surface area contributed by atoms with E-state index in [4.69, 9.17) is 5.73 Å². The van der Waals surface area contributed by atoms with Crippen LogP contribution in [-0.2, 0) is 6.54 Å². The van der Waals surface area contributed by atoms with Crippen LogP contribution in [0.5, 0.6) is 0 Å². The number of benzene rings is 2. The molecule has 0 atom stereocenters. The number of carbonyl (C=O) groups excluding carboxylic acids is 1. The Balaban J connectivity index is 0.00000169. The number of hydrogen-bond donors (Lipinski definition) is 2. The minimum atomic E-state index is -0.110. The molecular formula is C19H25Cl2N3OS. The number of amides is 1. The number of nitrogens with zero attached hydrogens (tertiary/aromatic N) is 1. The molecule has 0 bridgehead atoms. The first-order valence-corrected chi connectivity index (χ1v) is 9.34. The van der Waals surface area contributed by atoms with Gasteiger partial charge in [-0.25, -0.2) is 0 Å². The molecule has 0 unspecified atom stereocenters. The lowest BCUT2D eigenvalue weighted by Gasteiger charge is -2.27. The summed E-state index contributed by atoms with van der Waals surface area (Å²) in [6.45, 7) is 4.99. The molecule has 1 saturated heterocycles. The molecule has 142 valence electrons. The van der Waals surface area contributed by atoms with Crippen LogP contribution in [-0.4, -0.2) is 35.4 Å². The standard InChI is InChI=1S/C19H23N3OS.2ClH/c1-14-6-7-16(20)12-17(14)19(23)21-18-5-3-2-4-15(18)13-22-8-10-24-11-9-22;;/h2-7,12H,8-11,13,20H2,1H3,(H,21,23);2*1H. The van der Waals surface area contributed by atoms with Crippen molar-refractivity contribution in [1.29, 1.82) is 0 Å². The number of aryl methyl sites for hydroxylation is 1. The predicted molar refractivity (Wildman–Crippen MR) is 117 cm³/mol. The Morgan fingerprint density at radius 2 is 1.85 bits per heavy atom. The minimum absolute atomic E-state index is 0. The number of carbonyl (C=O) groups is 1. The molecule has 0 saturated carbocycles. The molecule has 1 heterocycles. The first-order chi connectivity index (χ1) is 11.6. The van der Waals surface area contributed by atoms with Gasteiger partial charge in [0.25, 0.3) is 5.91 Å². The van der Waals surface area contributed by atoms with E-state index in [2.05, 4.69) is 16.3 Å². The van der Waals surface area contributed by atoms with Gasteiger partial charge in [0.1, 0.15) is 0 Å². The molecule has 2 aromatic carbocycles. The number of para-hydroxylation sites is 1. The molecule has 1 aliphatic heterocycles. The van der Waals surface area contributed by atoms with Gasteiger partial charge in [-0.1, -0.05) is 24.3 Å². The maximum Gasteiger partial charge on any atom is 0.256 e. The summed E-state index contributed by atoms with van der Waals surface area (Å²) in [5.74, 6) is 2.25.